The number of carbonyl (C=O) groups is 3. The zero-order valence-corrected chi connectivity index (χ0v) is 18.1. The van der Waals surface area contributed by atoms with Gasteiger partial charge >= 0.3 is 0 Å². The van der Waals surface area contributed by atoms with Gasteiger partial charge in [-0.2, -0.15) is 0 Å². The Morgan fingerprint density at radius 1 is 1.17 bits per heavy atom. The number of carbonyl (C=O) groups excluding carboxylic acids is 3. The highest BCUT2D eigenvalue weighted by molar-refractivity contribution is 6.00. The molecule has 0 bridgehead atoms. The van der Waals surface area contributed by atoms with E-state index >= 15 is 0 Å². The molecule has 2 aliphatic heterocycles. The predicted octanol–water partition coefficient (Wildman–Crippen LogP) is 1.11. The zero-order chi connectivity index (χ0) is 21.7. The summed E-state index contributed by atoms with van der Waals surface area (Å²) in [6, 6.07) is 7.48. The van der Waals surface area contributed by atoms with Gasteiger partial charge in [0.25, 0.3) is 0 Å². The number of benzene rings is 1. The van der Waals surface area contributed by atoms with E-state index in [1.54, 1.807) is 12.0 Å². The van der Waals surface area contributed by atoms with Gasteiger partial charge in [0.05, 0.1) is 19.6 Å². The number of anilines is 1. The lowest BCUT2D eigenvalue weighted by molar-refractivity contribution is -0.137. The van der Waals surface area contributed by atoms with Gasteiger partial charge in [-0.25, -0.2) is 0 Å². The number of amides is 3. The third-order valence-corrected chi connectivity index (χ3v) is 5.93. The lowest BCUT2D eigenvalue weighted by Crippen LogP contribution is -2.53. The molecule has 2 atom stereocenters. The number of ether oxygens (including phenoxy) is 1. The second-order valence-corrected chi connectivity index (χ2v) is 8.08. The number of piperazine rings is 1. The molecule has 30 heavy (non-hydrogen) atoms. The van der Waals surface area contributed by atoms with Gasteiger partial charge in [-0.3, -0.25) is 19.3 Å². The van der Waals surface area contributed by atoms with E-state index in [9.17, 15) is 14.4 Å². The highest BCUT2D eigenvalue weighted by Crippen LogP contribution is 2.28. The largest absolute Gasteiger partial charge is 0.497 e. The molecule has 0 aliphatic carbocycles. The van der Waals surface area contributed by atoms with E-state index in [4.69, 9.17) is 4.74 Å². The Morgan fingerprint density at radius 3 is 2.43 bits per heavy atom. The van der Waals surface area contributed by atoms with Crippen molar-refractivity contribution in [3.8, 4) is 5.75 Å². The minimum atomic E-state index is -0.320. The Morgan fingerprint density at radius 2 is 1.83 bits per heavy atom. The molecule has 0 unspecified atom stereocenters. The molecule has 1 aromatic rings. The van der Waals surface area contributed by atoms with Gasteiger partial charge in [-0.05, 0) is 37.6 Å². The fraction of sp³-hybridized carbons (Fsp3) is 0.591. The topological polar surface area (TPSA) is 82.2 Å². The lowest BCUT2D eigenvalue weighted by Gasteiger charge is -2.35. The molecule has 164 valence electrons. The quantitative estimate of drug-likeness (QED) is 0.720. The monoisotopic (exact) mass is 416 g/mol. The second-order valence-electron chi connectivity index (χ2n) is 8.08. The van der Waals surface area contributed by atoms with Crippen molar-refractivity contribution in [3.63, 3.8) is 0 Å². The summed E-state index contributed by atoms with van der Waals surface area (Å²) in [6.45, 7) is 7.31. The minimum absolute atomic E-state index is 0.0284. The maximum absolute atomic E-state index is 13.0. The molecule has 0 spiro atoms. The van der Waals surface area contributed by atoms with Crippen molar-refractivity contribution >= 4 is 23.4 Å². The average Bonchev–Trinajstić information content (AvgIpc) is 3.15. The van der Waals surface area contributed by atoms with Crippen LogP contribution in [0.25, 0.3) is 0 Å². The zero-order valence-electron chi connectivity index (χ0n) is 18.1. The third-order valence-electron chi connectivity index (χ3n) is 5.93. The van der Waals surface area contributed by atoms with Gasteiger partial charge in [0.1, 0.15) is 5.75 Å². The van der Waals surface area contributed by atoms with Crippen LogP contribution >= 0.6 is 0 Å². The van der Waals surface area contributed by atoms with Crippen LogP contribution in [-0.2, 0) is 14.4 Å². The van der Waals surface area contributed by atoms with Crippen LogP contribution < -0.4 is 15.0 Å². The fourth-order valence-corrected chi connectivity index (χ4v) is 3.89. The summed E-state index contributed by atoms with van der Waals surface area (Å²) in [5.41, 5.74) is 0.785. The van der Waals surface area contributed by atoms with E-state index in [1.807, 2.05) is 43.0 Å². The van der Waals surface area contributed by atoms with E-state index in [2.05, 4.69) is 10.2 Å². The molecule has 2 heterocycles. The summed E-state index contributed by atoms with van der Waals surface area (Å²) in [4.78, 5) is 43.1. The molecule has 0 radical (unpaired) electrons. The first kappa shape index (κ1) is 22.1. The van der Waals surface area contributed by atoms with E-state index in [0.717, 1.165) is 17.9 Å². The third kappa shape index (κ3) is 5.30. The normalized spacial score (nSPS) is 20.9. The van der Waals surface area contributed by atoms with Crippen molar-refractivity contribution < 1.29 is 19.1 Å². The highest BCUT2D eigenvalue weighted by atomic mass is 16.5. The molecule has 8 nitrogen and oxygen atoms in total. The van der Waals surface area contributed by atoms with Gasteiger partial charge in [-0.1, -0.05) is 6.92 Å². The van der Waals surface area contributed by atoms with Gasteiger partial charge in [0, 0.05) is 50.9 Å². The molecule has 2 saturated heterocycles. The maximum Gasteiger partial charge on any atom is 0.234 e. The Kier molecular flexibility index (Phi) is 7.31. The van der Waals surface area contributed by atoms with E-state index < -0.39 is 0 Å². The van der Waals surface area contributed by atoms with Crippen molar-refractivity contribution in [2.24, 2.45) is 5.92 Å². The summed E-state index contributed by atoms with van der Waals surface area (Å²) in [5.74, 6) is 0.441. The Bertz CT molecular complexity index is 759. The van der Waals surface area contributed by atoms with Gasteiger partial charge in [0.15, 0.2) is 0 Å². The van der Waals surface area contributed by atoms with Crippen LogP contribution in [0.5, 0.6) is 5.75 Å². The lowest BCUT2D eigenvalue weighted by atomic mass is 10.1. The SMILES string of the molecule is CC[C@@H](C)NC(=O)CN1CCN(C(=O)[C@@H]2CC(=O)N(c3ccc(OC)cc3)C2)CC1. The number of rotatable bonds is 7. The predicted molar refractivity (Wildman–Crippen MR) is 114 cm³/mol. The Balaban J connectivity index is 1.49. The molecule has 3 rings (SSSR count). The summed E-state index contributed by atoms with van der Waals surface area (Å²) in [5, 5.41) is 2.98. The molecule has 2 aliphatic rings. The van der Waals surface area contributed by atoms with Gasteiger partial charge < -0.3 is 19.9 Å². The van der Waals surface area contributed by atoms with Crippen LogP contribution in [0.2, 0.25) is 0 Å². The molecule has 0 saturated carbocycles. The van der Waals surface area contributed by atoms with Crippen LogP contribution in [0.3, 0.4) is 0 Å². The maximum atomic E-state index is 13.0. The molecule has 0 aromatic heterocycles. The summed E-state index contributed by atoms with van der Waals surface area (Å²) < 4.78 is 5.16. The molecule has 8 heteroatoms. The van der Waals surface area contributed by atoms with Crippen LogP contribution in [0.15, 0.2) is 24.3 Å². The highest BCUT2D eigenvalue weighted by Gasteiger charge is 2.38. The number of hydrogen-bond acceptors (Lipinski definition) is 5. The van der Waals surface area contributed by atoms with Crippen LogP contribution in [0.4, 0.5) is 5.69 Å². The Hall–Kier alpha value is -2.61. The molecule has 1 aromatic carbocycles. The minimum Gasteiger partial charge on any atom is -0.497 e. The van der Waals surface area contributed by atoms with Crippen molar-refractivity contribution in [1.29, 1.82) is 0 Å². The molecular weight excluding hydrogens is 384 g/mol. The smallest absolute Gasteiger partial charge is 0.234 e. The standard InChI is InChI=1S/C22H32N4O4/c1-4-16(2)23-20(27)15-24-9-11-25(12-10-24)22(29)17-13-21(28)26(14-17)18-5-7-19(30-3)8-6-18/h5-8,16-17H,4,9-15H2,1-3H3,(H,23,27)/t16-,17-/m1/s1. The van der Waals surface area contributed by atoms with E-state index in [1.165, 1.54) is 0 Å². The molecule has 3 amide bonds. The number of methoxy groups -OCH3 is 1. The first-order chi connectivity index (χ1) is 14.4. The Labute approximate surface area is 178 Å². The summed E-state index contributed by atoms with van der Waals surface area (Å²) in [6.07, 6.45) is 1.14. The second kappa shape index (κ2) is 9.93. The van der Waals surface area contributed by atoms with E-state index in [-0.39, 0.29) is 36.1 Å². The average molecular weight is 417 g/mol. The molecule has 2 fully saturated rings. The molecule has 1 N–H and O–H groups in total. The number of nitrogens with one attached hydrogen (secondary N) is 1. The van der Waals surface area contributed by atoms with E-state index in [0.29, 0.717) is 39.3 Å². The van der Waals surface area contributed by atoms with Crippen LogP contribution in [0, 0.1) is 5.92 Å². The van der Waals surface area contributed by atoms with Crippen molar-refractivity contribution in [1.82, 2.24) is 15.1 Å². The van der Waals surface area contributed by atoms with Crippen LogP contribution in [0.1, 0.15) is 26.7 Å². The summed E-state index contributed by atoms with van der Waals surface area (Å²) >= 11 is 0. The molecular formula is C22H32N4O4. The van der Waals surface area contributed by atoms with Crippen molar-refractivity contribution in [2.75, 3.05) is 51.3 Å². The first-order valence-electron chi connectivity index (χ1n) is 10.7. The van der Waals surface area contributed by atoms with Gasteiger partial charge in [-0.15, -0.1) is 0 Å². The number of hydrogen-bond donors (Lipinski definition) is 1. The van der Waals surface area contributed by atoms with Crippen molar-refractivity contribution in [3.05, 3.63) is 24.3 Å². The first-order valence-corrected chi connectivity index (χ1v) is 10.7. The van der Waals surface area contributed by atoms with Crippen LogP contribution in [-0.4, -0.2) is 79.9 Å². The summed E-state index contributed by atoms with van der Waals surface area (Å²) in [7, 11) is 1.60. The fourth-order valence-electron chi connectivity index (χ4n) is 3.89. The number of nitrogens with zero attached hydrogens (tertiary/aromatic N) is 3. The van der Waals surface area contributed by atoms with Crippen molar-refractivity contribution in [2.45, 2.75) is 32.7 Å². The van der Waals surface area contributed by atoms with Gasteiger partial charge in [0.2, 0.25) is 17.7 Å².